The Balaban J connectivity index is 1.82. The van der Waals surface area contributed by atoms with Crippen LogP contribution in [0.3, 0.4) is 0 Å². The minimum Gasteiger partial charge on any atom is -0.380 e. The van der Waals surface area contributed by atoms with Crippen LogP contribution in [-0.2, 0) is 11.3 Å². The van der Waals surface area contributed by atoms with Crippen molar-refractivity contribution in [3.63, 3.8) is 0 Å². The summed E-state index contributed by atoms with van der Waals surface area (Å²) in [6.07, 6.45) is 3.12. The second-order valence-corrected chi connectivity index (χ2v) is 5.41. The Labute approximate surface area is 94.9 Å². The average Bonchev–Trinajstić information content (AvgIpc) is 2.86. The Morgan fingerprint density at radius 1 is 1.67 bits per heavy atom. The molecule has 1 N–H and O–H groups in total. The van der Waals surface area contributed by atoms with Gasteiger partial charge < -0.3 is 10.1 Å². The van der Waals surface area contributed by atoms with Crippen LogP contribution in [0.2, 0.25) is 0 Å². The van der Waals surface area contributed by atoms with Crippen molar-refractivity contribution in [3.05, 3.63) is 16.1 Å². The minimum absolute atomic E-state index is 0.537. The van der Waals surface area contributed by atoms with Crippen LogP contribution in [0.4, 0.5) is 0 Å². The second-order valence-electron chi connectivity index (χ2n) is 4.26. The van der Waals surface area contributed by atoms with Gasteiger partial charge in [0.05, 0.1) is 11.6 Å². The van der Waals surface area contributed by atoms with Crippen LogP contribution < -0.4 is 5.32 Å². The molecule has 0 saturated carbocycles. The first-order valence-electron chi connectivity index (χ1n) is 5.51. The molecule has 1 aliphatic rings. The molecule has 15 heavy (non-hydrogen) atoms. The monoisotopic (exact) mass is 226 g/mol. The van der Waals surface area contributed by atoms with E-state index in [0.29, 0.717) is 12.0 Å². The number of thiazole rings is 1. The van der Waals surface area contributed by atoms with Gasteiger partial charge in [0.2, 0.25) is 0 Å². The highest BCUT2D eigenvalue weighted by Gasteiger charge is 2.15. The maximum absolute atomic E-state index is 5.31. The molecule has 1 aromatic rings. The van der Waals surface area contributed by atoms with E-state index in [-0.39, 0.29) is 0 Å². The zero-order valence-electron chi connectivity index (χ0n) is 9.32. The van der Waals surface area contributed by atoms with Crippen LogP contribution in [0.15, 0.2) is 6.20 Å². The zero-order valence-corrected chi connectivity index (χ0v) is 10.1. The van der Waals surface area contributed by atoms with E-state index in [1.807, 2.05) is 17.5 Å². The van der Waals surface area contributed by atoms with Gasteiger partial charge in [0.1, 0.15) is 0 Å². The molecular formula is C11H18N2OS. The van der Waals surface area contributed by atoms with Crippen molar-refractivity contribution in [3.8, 4) is 0 Å². The summed E-state index contributed by atoms with van der Waals surface area (Å²) < 4.78 is 5.31. The maximum atomic E-state index is 5.31. The van der Waals surface area contributed by atoms with Gasteiger partial charge in [0.25, 0.3) is 0 Å². The lowest BCUT2D eigenvalue weighted by atomic mass is 10.2. The minimum atomic E-state index is 0.537. The van der Waals surface area contributed by atoms with Gasteiger partial charge >= 0.3 is 0 Å². The first kappa shape index (κ1) is 11.0. The van der Waals surface area contributed by atoms with Crippen molar-refractivity contribution >= 4 is 11.3 Å². The molecule has 84 valence electrons. The molecule has 1 saturated heterocycles. The summed E-state index contributed by atoms with van der Waals surface area (Å²) in [5, 5.41) is 4.73. The number of hydrogen-bond donors (Lipinski definition) is 1. The molecule has 0 spiro atoms. The molecule has 2 rings (SSSR count). The molecule has 1 atom stereocenters. The smallest absolute Gasteiger partial charge is 0.0953 e. The third-order valence-electron chi connectivity index (χ3n) is 2.56. The largest absolute Gasteiger partial charge is 0.380 e. The third-order valence-corrected chi connectivity index (χ3v) is 3.86. The summed E-state index contributed by atoms with van der Waals surface area (Å²) in [6, 6.07) is 0.537. The molecule has 1 fully saturated rings. The van der Waals surface area contributed by atoms with Gasteiger partial charge in [0, 0.05) is 36.2 Å². The molecule has 2 heterocycles. The standard InChI is InChI=1S/C11H18N2OS/c1-8(2)11-13-6-10(15-11)5-12-9-3-4-14-7-9/h6,8-9,12H,3-5,7H2,1-2H3. The van der Waals surface area contributed by atoms with E-state index in [0.717, 1.165) is 26.2 Å². The van der Waals surface area contributed by atoms with Gasteiger partial charge in [-0.1, -0.05) is 13.8 Å². The fraction of sp³-hybridized carbons (Fsp3) is 0.727. The second kappa shape index (κ2) is 5.05. The Morgan fingerprint density at radius 2 is 2.53 bits per heavy atom. The number of hydrogen-bond acceptors (Lipinski definition) is 4. The van der Waals surface area contributed by atoms with Crippen LogP contribution in [0.1, 0.15) is 36.1 Å². The summed E-state index contributed by atoms with van der Waals surface area (Å²) in [6.45, 7) is 7.05. The van der Waals surface area contributed by atoms with Gasteiger partial charge in [-0.25, -0.2) is 4.98 Å². The lowest BCUT2D eigenvalue weighted by molar-refractivity contribution is 0.190. The van der Waals surface area contributed by atoms with E-state index in [9.17, 15) is 0 Å². The van der Waals surface area contributed by atoms with Crippen molar-refractivity contribution in [2.24, 2.45) is 0 Å². The van der Waals surface area contributed by atoms with Gasteiger partial charge in [-0.15, -0.1) is 11.3 Å². The summed E-state index contributed by atoms with van der Waals surface area (Å²) in [5.41, 5.74) is 0. The first-order chi connectivity index (χ1) is 7.25. The zero-order chi connectivity index (χ0) is 10.7. The third kappa shape index (κ3) is 3.00. The van der Waals surface area contributed by atoms with Crippen LogP contribution in [0.25, 0.3) is 0 Å². The Morgan fingerprint density at radius 3 is 3.13 bits per heavy atom. The van der Waals surface area contributed by atoms with Gasteiger partial charge in [-0.3, -0.25) is 0 Å². The lowest BCUT2D eigenvalue weighted by Gasteiger charge is -2.08. The highest BCUT2D eigenvalue weighted by atomic mass is 32.1. The molecule has 1 unspecified atom stereocenters. The predicted molar refractivity (Wildman–Crippen MR) is 62.3 cm³/mol. The Bertz CT molecular complexity index is 305. The summed E-state index contributed by atoms with van der Waals surface area (Å²) in [7, 11) is 0. The summed E-state index contributed by atoms with van der Waals surface area (Å²) in [4.78, 5) is 5.73. The van der Waals surface area contributed by atoms with Crippen molar-refractivity contribution < 1.29 is 4.74 Å². The molecule has 4 heteroatoms. The molecule has 1 aliphatic heterocycles. The van der Waals surface area contributed by atoms with Crippen molar-refractivity contribution in [1.82, 2.24) is 10.3 Å². The van der Waals surface area contributed by atoms with Crippen molar-refractivity contribution in [2.75, 3.05) is 13.2 Å². The van der Waals surface area contributed by atoms with Crippen LogP contribution >= 0.6 is 11.3 Å². The molecule has 0 radical (unpaired) electrons. The van der Waals surface area contributed by atoms with E-state index in [1.54, 1.807) is 0 Å². The molecule has 3 nitrogen and oxygen atoms in total. The van der Waals surface area contributed by atoms with Gasteiger partial charge in [0.15, 0.2) is 0 Å². The molecule has 0 aliphatic carbocycles. The summed E-state index contributed by atoms with van der Waals surface area (Å²) in [5.74, 6) is 0.540. The SMILES string of the molecule is CC(C)c1ncc(CNC2CCOC2)s1. The van der Waals surface area contributed by atoms with Crippen LogP contribution in [-0.4, -0.2) is 24.2 Å². The van der Waals surface area contributed by atoms with Crippen molar-refractivity contribution in [1.29, 1.82) is 0 Å². The number of nitrogens with zero attached hydrogens (tertiary/aromatic N) is 1. The maximum Gasteiger partial charge on any atom is 0.0953 e. The molecule has 0 aromatic carbocycles. The quantitative estimate of drug-likeness (QED) is 0.854. The normalized spacial score (nSPS) is 21.4. The Hall–Kier alpha value is -0.450. The number of ether oxygens (including phenoxy) is 1. The number of nitrogens with one attached hydrogen (secondary N) is 1. The fourth-order valence-corrected chi connectivity index (χ4v) is 2.48. The van der Waals surface area contributed by atoms with E-state index in [4.69, 9.17) is 4.74 Å². The van der Waals surface area contributed by atoms with Crippen LogP contribution in [0, 0.1) is 0 Å². The van der Waals surface area contributed by atoms with Gasteiger partial charge in [-0.05, 0) is 6.42 Å². The van der Waals surface area contributed by atoms with E-state index < -0.39 is 0 Å². The molecule has 0 amide bonds. The molecule has 0 bridgehead atoms. The lowest BCUT2D eigenvalue weighted by Crippen LogP contribution is -2.28. The topological polar surface area (TPSA) is 34.2 Å². The highest BCUT2D eigenvalue weighted by Crippen LogP contribution is 2.21. The van der Waals surface area contributed by atoms with E-state index in [1.165, 1.54) is 9.88 Å². The van der Waals surface area contributed by atoms with Crippen LogP contribution in [0.5, 0.6) is 0 Å². The average molecular weight is 226 g/mol. The fourth-order valence-electron chi connectivity index (χ4n) is 1.61. The number of aromatic nitrogens is 1. The predicted octanol–water partition coefficient (Wildman–Crippen LogP) is 2.15. The van der Waals surface area contributed by atoms with E-state index in [2.05, 4.69) is 24.1 Å². The first-order valence-corrected chi connectivity index (χ1v) is 6.33. The highest BCUT2D eigenvalue weighted by molar-refractivity contribution is 7.11. The molecular weight excluding hydrogens is 208 g/mol. The van der Waals surface area contributed by atoms with Gasteiger partial charge in [-0.2, -0.15) is 0 Å². The van der Waals surface area contributed by atoms with E-state index >= 15 is 0 Å². The Kier molecular flexibility index (Phi) is 3.72. The molecule has 1 aromatic heterocycles. The summed E-state index contributed by atoms with van der Waals surface area (Å²) >= 11 is 1.81. The number of rotatable bonds is 4. The van der Waals surface area contributed by atoms with Crippen molar-refractivity contribution in [2.45, 2.75) is 38.8 Å².